The summed E-state index contributed by atoms with van der Waals surface area (Å²) in [6.45, 7) is 0. The van der Waals surface area contributed by atoms with Crippen LogP contribution in [-0.4, -0.2) is 5.71 Å². The third kappa shape index (κ3) is 3.27. The molecule has 0 saturated carbocycles. The van der Waals surface area contributed by atoms with Crippen molar-refractivity contribution in [1.82, 2.24) is 0 Å². The van der Waals surface area contributed by atoms with Gasteiger partial charge in [0, 0.05) is 16.5 Å². The van der Waals surface area contributed by atoms with E-state index in [2.05, 4.69) is 15.9 Å². The maximum atomic E-state index is 14.3. The van der Waals surface area contributed by atoms with Gasteiger partial charge in [0.05, 0.1) is 17.4 Å². The van der Waals surface area contributed by atoms with Gasteiger partial charge in [0.15, 0.2) is 0 Å². The predicted octanol–water partition coefficient (Wildman–Crippen LogP) is 6.08. The van der Waals surface area contributed by atoms with E-state index in [1.54, 1.807) is 30.3 Å². The van der Waals surface area contributed by atoms with E-state index < -0.39 is 0 Å². The number of benzene rings is 3. The van der Waals surface area contributed by atoms with E-state index >= 15 is 0 Å². The van der Waals surface area contributed by atoms with Crippen LogP contribution in [0, 0.1) is 11.6 Å². The highest BCUT2D eigenvalue weighted by Crippen LogP contribution is 2.37. The lowest BCUT2D eigenvalue weighted by Crippen LogP contribution is -2.18. The van der Waals surface area contributed by atoms with Gasteiger partial charge < -0.3 is 0 Å². The normalized spacial score (nSPS) is 16.7. The number of hydrogen-bond donors (Lipinski definition) is 0. The number of rotatable bonds is 3. The molecule has 0 aliphatic carbocycles. The van der Waals surface area contributed by atoms with Crippen molar-refractivity contribution >= 4 is 27.3 Å². The number of anilines is 1. The molecule has 1 atom stereocenters. The standard InChI is InChI=1S/C21H15BrF2N2/c22-15-7-11-17(12-8-15)26-21(14-5-9-16(23)10-6-14)13-20(25-26)18-3-1-2-4-19(18)24/h1-12,21H,13H2/t21-/m0/s1. The molecule has 0 saturated heterocycles. The van der Waals surface area contributed by atoms with Crippen molar-refractivity contribution in [2.75, 3.05) is 5.01 Å². The van der Waals surface area contributed by atoms with E-state index in [0.717, 1.165) is 15.7 Å². The molecule has 5 heteroatoms. The van der Waals surface area contributed by atoms with Gasteiger partial charge in [-0.05, 0) is 48.0 Å². The first-order valence-corrected chi connectivity index (χ1v) is 9.04. The Labute approximate surface area is 158 Å². The van der Waals surface area contributed by atoms with Crippen molar-refractivity contribution in [3.8, 4) is 0 Å². The summed E-state index contributed by atoms with van der Waals surface area (Å²) in [7, 11) is 0. The molecule has 1 heterocycles. The first kappa shape index (κ1) is 16.9. The van der Waals surface area contributed by atoms with Crippen LogP contribution in [0.5, 0.6) is 0 Å². The molecule has 0 N–H and O–H groups in total. The second kappa shape index (κ2) is 7.00. The monoisotopic (exact) mass is 412 g/mol. The minimum atomic E-state index is -0.290. The Morgan fingerprint density at radius 1 is 0.885 bits per heavy atom. The molecule has 0 radical (unpaired) electrons. The Balaban J connectivity index is 1.77. The summed E-state index contributed by atoms with van der Waals surface area (Å²) in [5.74, 6) is -0.570. The van der Waals surface area contributed by atoms with E-state index in [4.69, 9.17) is 5.10 Å². The van der Waals surface area contributed by atoms with Crippen LogP contribution < -0.4 is 5.01 Å². The maximum absolute atomic E-state index is 14.3. The summed E-state index contributed by atoms with van der Waals surface area (Å²) in [5.41, 5.74) is 3.01. The van der Waals surface area contributed by atoms with Crippen LogP contribution in [0.1, 0.15) is 23.6 Å². The quantitative estimate of drug-likeness (QED) is 0.508. The summed E-state index contributed by atoms with van der Waals surface area (Å²) < 4.78 is 28.6. The van der Waals surface area contributed by atoms with Gasteiger partial charge in [-0.3, -0.25) is 5.01 Å². The van der Waals surface area contributed by atoms with Gasteiger partial charge in [-0.1, -0.05) is 46.3 Å². The largest absolute Gasteiger partial charge is 0.257 e. The lowest BCUT2D eigenvalue weighted by molar-refractivity contribution is 0.623. The minimum absolute atomic E-state index is 0.119. The molecule has 0 fully saturated rings. The van der Waals surface area contributed by atoms with Gasteiger partial charge in [0.1, 0.15) is 11.6 Å². The molecule has 0 aromatic heterocycles. The molecular formula is C21H15BrF2N2. The second-order valence-electron chi connectivity index (χ2n) is 6.12. The molecule has 2 nitrogen and oxygen atoms in total. The molecule has 0 unspecified atom stereocenters. The number of hydrogen-bond acceptors (Lipinski definition) is 2. The summed E-state index contributed by atoms with van der Waals surface area (Å²) >= 11 is 3.43. The van der Waals surface area contributed by atoms with Gasteiger partial charge in [-0.15, -0.1) is 0 Å². The average molecular weight is 413 g/mol. The topological polar surface area (TPSA) is 15.6 Å². The predicted molar refractivity (Wildman–Crippen MR) is 103 cm³/mol. The zero-order valence-corrected chi connectivity index (χ0v) is 15.3. The van der Waals surface area contributed by atoms with Crippen molar-refractivity contribution in [3.63, 3.8) is 0 Å². The molecule has 1 aliphatic rings. The summed E-state index contributed by atoms with van der Waals surface area (Å²) in [6, 6.07) is 20.7. The van der Waals surface area contributed by atoms with Gasteiger partial charge >= 0.3 is 0 Å². The summed E-state index contributed by atoms with van der Waals surface area (Å²) in [4.78, 5) is 0. The highest BCUT2D eigenvalue weighted by Gasteiger charge is 2.30. The SMILES string of the molecule is Fc1ccc([C@@H]2CC(c3ccccc3F)=NN2c2ccc(Br)cc2)cc1. The molecular weight excluding hydrogens is 398 g/mol. The summed E-state index contributed by atoms with van der Waals surface area (Å²) in [6.07, 6.45) is 0.544. The zero-order valence-electron chi connectivity index (χ0n) is 13.7. The van der Waals surface area contributed by atoms with Gasteiger partial charge in [0.25, 0.3) is 0 Å². The Morgan fingerprint density at radius 3 is 2.27 bits per heavy atom. The van der Waals surface area contributed by atoms with Crippen LogP contribution in [0.25, 0.3) is 0 Å². The fourth-order valence-electron chi connectivity index (χ4n) is 3.14. The number of nitrogens with zero attached hydrogens (tertiary/aromatic N) is 2. The van der Waals surface area contributed by atoms with Crippen molar-refractivity contribution in [3.05, 3.63) is 100 Å². The van der Waals surface area contributed by atoms with Crippen LogP contribution in [0.3, 0.4) is 0 Å². The Kier molecular flexibility index (Phi) is 4.55. The minimum Gasteiger partial charge on any atom is -0.257 e. The number of hydrazone groups is 1. The molecule has 0 amide bonds. The van der Waals surface area contributed by atoms with E-state index in [0.29, 0.717) is 17.7 Å². The molecule has 3 aromatic carbocycles. The molecule has 1 aliphatic heterocycles. The molecule has 0 spiro atoms. The summed E-state index contributed by atoms with van der Waals surface area (Å²) in [5, 5.41) is 6.58. The molecule has 3 aromatic rings. The van der Waals surface area contributed by atoms with E-state index in [-0.39, 0.29) is 17.7 Å². The highest BCUT2D eigenvalue weighted by atomic mass is 79.9. The van der Waals surface area contributed by atoms with Crippen LogP contribution in [0.2, 0.25) is 0 Å². The van der Waals surface area contributed by atoms with Crippen LogP contribution >= 0.6 is 15.9 Å². The zero-order chi connectivity index (χ0) is 18.1. The Hall–Kier alpha value is -2.53. The van der Waals surface area contributed by atoms with E-state index in [1.165, 1.54) is 18.2 Å². The van der Waals surface area contributed by atoms with Gasteiger partial charge in [-0.2, -0.15) is 5.10 Å². The van der Waals surface area contributed by atoms with Crippen molar-refractivity contribution < 1.29 is 8.78 Å². The lowest BCUT2D eigenvalue weighted by atomic mass is 9.98. The van der Waals surface area contributed by atoms with Gasteiger partial charge in [0.2, 0.25) is 0 Å². The molecule has 0 bridgehead atoms. The van der Waals surface area contributed by atoms with Crippen LogP contribution in [0.4, 0.5) is 14.5 Å². The van der Waals surface area contributed by atoms with Crippen LogP contribution in [-0.2, 0) is 0 Å². The Morgan fingerprint density at radius 2 is 1.58 bits per heavy atom. The third-order valence-electron chi connectivity index (χ3n) is 4.44. The smallest absolute Gasteiger partial charge is 0.132 e. The van der Waals surface area contributed by atoms with E-state index in [1.807, 2.05) is 29.3 Å². The fourth-order valence-corrected chi connectivity index (χ4v) is 3.41. The molecule has 4 rings (SSSR count). The van der Waals surface area contributed by atoms with Crippen molar-refractivity contribution in [1.29, 1.82) is 0 Å². The van der Waals surface area contributed by atoms with Crippen LogP contribution in [0.15, 0.2) is 82.4 Å². The van der Waals surface area contributed by atoms with Gasteiger partial charge in [-0.25, -0.2) is 8.78 Å². The fraction of sp³-hybridized carbons (Fsp3) is 0.0952. The maximum Gasteiger partial charge on any atom is 0.132 e. The van der Waals surface area contributed by atoms with E-state index in [9.17, 15) is 8.78 Å². The number of halogens is 3. The molecule has 26 heavy (non-hydrogen) atoms. The van der Waals surface area contributed by atoms with Crippen molar-refractivity contribution in [2.45, 2.75) is 12.5 Å². The first-order chi connectivity index (χ1) is 12.6. The average Bonchev–Trinajstić information content (AvgIpc) is 3.08. The van der Waals surface area contributed by atoms with Crippen molar-refractivity contribution in [2.24, 2.45) is 5.10 Å². The highest BCUT2D eigenvalue weighted by molar-refractivity contribution is 9.10. The Bertz CT molecular complexity index is 953. The second-order valence-corrected chi connectivity index (χ2v) is 7.03. The first-order valence-electron chi connectivity index (χ1n) is 8.24. The third-order valence-corrected chi connectivity index (χ3v) is 4.97. The molecule has 130 valence electrons. The lowest BCUT2D eigenvalue weighted by Gasteiger charge is -2.24.